The molecule has 0 radical (unpaired) electrons. The van der Waals surface area contributed by atoms with Crippen LogP contribution in [0.3, 0.4) is 0 Å². The summed E-state index contributed by atoms with van der Waals surface area (Å²) in [6, 6.07) is 7.03. The van der Waals surface area contributed by atoms with E-state index in [2.05, 4.69) is 82.3 Å². The Balaban J connectivity index is 2.10. The first-order chi connectivity index (χ1) is 16.3. The molecule has 0 bridgehead atoms. The molecule has 3 nitrogen and oxygen atoms in total. The van der Waals surface area contributed by atoms with Crippen LogP contribution in [0.4, 0.5) is 11.4 Å². The molecule has 0 spiro atoms. The number of likely N-dealkylation sites (N-methyl/N-ethyl adjacent to an activating group) is 1. The molecule has 0 aliphatic rings. The number of nitrogens with zero attached hydrogens (tertiary/aromatic N) is 1. The maximum atomic E-state index is 6.48. The zero-order chi connectivity index (χ0) is 25.3. The van der Waals surface area contributed by atoms with E-state index in [4.69, 9.17) is 20.3 Å². The van der Waals surface area contributed by atoms with Crippen molar-refractivity contribution in [2.45, 2.75) is 80.1 Å². The Morgan fingerprint density at radius 3 is 1.74 bits per heavy atom. The summed E-state index contributed by atoms with van der Waals surface area (Å²) in [6.07, 6.45) is 6.07. The number of anilines is 2. The smallest absolute Gasteiger partial charge is 0.0612 e. The molecule has 6 heteroatoms. The summed E-state index contributed by atoms with van der Waals surface area (Å²) >= 11 is -1.15. The van der Waals surface area contributed by atoms with Gasteiger partial charge in [-0.3, -0.25) is 0 Å². The Morgan fingerprint density at radius 2 is 1.26 bits per heavy atom. The van der Waals surface area contributed by atoms with Crippen molar-refractivity contribution in [1.29, 1.82) is 0 Å². The van der Waals surface area contributed by atoms with Crippen LogP contribution in [0.15, 0.2) is 18.2 Å². The molecule has 0 saturated heterocycles. The van der Waals surface area contributed by atoms with Crippen LogP contribution in [0.5, 0.6) is 0 Å². The first kappa shape index (κ1) is 29.3. The van der Waals surface area contributed by atoms with Gasteiger partial charge in [-0.05, 0) is 12.0 Å². The number of nitrogens with one attached hydrogen (secondary N) is 2. The topological polar surface area (TPSA) is 27.3 Å². The van der Waals surface area contributed by atoms with Gasteiger partial charge in [0.05, 0.1) is 0 Å². The van der Waals surface area contributed by atoms with E-state index in [9.17, 15) is 0 Å². The summed E-state index contributed by atoms with van der Waals surface area (Å²) in [6.45, 7) is 16.0. The fourth-order valence-corrected chi connectivity index (χ4v) is 6.92. The molecule has 0 heterocycles. The van der Waals surface area contributed by atoms with Gasteiger partial charge in [0.25, 0.3) is 0 Å². The molecule has 2 aromatic carbocycles. The van der Waals surface area contributed by atoms with E-state index in [1.165, 1.54) is 44.8 Å². The van der Waals surface area contributed by atoms with E-state index in [0.717, 1.165) is 62.8 Å². The third kappa shape index (κ3) is 7.30. The van der Waals surface area contributed by atoms with Gasteiger partial charge in [0.2, 0.25) is 0 Å². The summed E-state index contributed by atoms with van der Waals surface area (Å²) in [4.78, 5) is 2.33. The van der Waals surface area contributed by atoms with Gasteiger partial charge in [0.15, 0.2) is 0 Å². The molecular weight excluding hydrogens is 508 g/mol. The molecule has 2 rings (SSSR count). The van der Waals surface area contributed by atoms with Gasteiger partial charge in [-0.1, -0.05) is 20.8 Å². The molecule has 0 atom stereocenters. The van der Waals surface area contributed by atoms with Crippen molar-refractivity contribution in [2.75, 3.05) is 37.4 Å². The number of hydrogen-bond donors (Lipinski definition) is 2. The van der Waals surface area contributed by atoms with E-state index in [0.29, 0.717) is 0 Å². The fraction of sp³-hybridized carbons (Fsp3) is 0.571. The van der Waals surface area contributed by atoms with E-state index >= 15 is 0 Å². The Bertz CT molecular complexity index is 905. The third-order valence-electron chi connectivity index (χ3n) is 6.58. The van der Waals surface area contributed by atoms with E-state index in [1.807, 2.05) is 0 Å². The van der Waals surface area contributed by atoms with Gasteiger partial charge in [-0.15, -0.1) is 0 Å². The second-order valence-electron chi connectivity index (χ2n) is 8.77. The van der Waals surface area contributed by atoms with Gasteiger partial charge in [-0.25, -0.2) is 0 Å². The quantitative estimate of drug-likeness (QED) is 0.247. The molecule has 2 aromatic rings. The third-order valence-corrected chi connectivity index (χ3v) is 8.67. The zero-order valence-electron chi connectivity index (χ0n) is 22.1. The minimum Gasteiger partial charge on any atom is -0.0612 e. The van der Waals surface area contributed by atoms with Crippen LogP contribution < -0.4 is 15.1 Å². The predicted octanol–water partition coefficient (Wildman–Crippen LogP) is 7.03. The Kier molecular flexibility index (Phi) is 12.6. The van der Waals surface area contributed by atoms with Crippen LogP contribution in [0.25, 0.3) is 0 Å². The normalized spacial score (nSPS) is 11.8. The fourth-order valence-electron chi connectivity index (χ4n) is 4.56. The van der Waals surface area contributed by atoms with Crippen LogP contribution in [-0.4, -0.2) is 31.7 Å². The number of aryl methyl sites for hydroxylation is 5. The molecule has 34 heavy (non-hydrogen) atoms. The molecule has 0 unspecified atom stereocenters. The first-order valence-corrected chi connectivity index (χ1v) is 16.2. The second kappa shape index (κ2) is 14.6. The van der Waals surface area contributed by atoms with Crippen molar-refractivity contribution in [3.8, 4) is 0 Å². The van der Waals surface area contributed by atoms with Crippen LogP contribution in [0.2, 0.25) is 0 Å². The van der Waals surface area contributed by atoms with Gasteiger partial charge in [0, 0.05) is 0 Å². The molecule has 0 saturated carbocycles. The summed E-state index contributed by atoms with van der Waals surface area (Å²) in [5.74, 6) is 0. The Hall–Kier alpha value is -0.914. The van der Waals surface area contributed by atoms with Crippen LogP contribution in [0, 0.1) is 0 Å². The molecular formula is C28H44Cl2CoN3. The van der Waals surface area contributed by atoms with Crippen LogP contribution >= 0.6 is 20.3 Å². The molecule has 2 N–H and O–H groups in total. The number of rotatable bonds is 14. The molecule has 0 aliphatic heterocycles. The van der Waals surface area contributed by atoms with Gasteiger partial charge in [-0.2, -0.15) is 0 Å². The molecule has 0 aliphatic carbocycles. The SMILES string of the molecule is CCc1cc(CC)c(NCCN(C)CNc2c(CC)cc(CC)[c]([Co]([Cl])[Cl])c2CC)c(CC)c1. The minimum absolute atomic E-state index is 0.783. The zero-order valence-corrected chi connectivity index (χ0v) is 24.7. The number of hydrogen-bond acceptors (Lipinski definition) is 3. The van der Waals surface area contributed by atoms with Crippen molar-refractivity contribution < 1.29 is 11.9 Å². The molecule has 0 fully saturated rings. The molecule has 194 valence electrons. The van der Waals surface area contributed by atoms with E-state index < -0.39 is 11.9 Å². The van der Waals surface area contributed by atoms with Gasteiger partial charge < -0.3 is 0 Å². The Labute approximate surface area is 221 Å². The molecule has 0 amide bonds. The van der Waals surface area contributed by atoms with Crippen molar-refractivity contribution >= 4 is 36.2 Å². The number of halogens is 2. The van der Waals surface area contributed by atoms with Gasteiger partial charge in [0.1, 0.15) is 0 Å². The monoisotopic (exact) mass is 551 g/mol. The number of benzene rings is 2. The Morgan fingerprint density at radius 1 is 0.706 bits per heavy atom. The van der Waals surface area contributed by atoms with Crippen molar-refractivity contribution in [3.05, 3.63) is 51.6 Å². The van der Waals surface area contributed by atoms with E-state index in [-0.39, 0.29) is 0 Å². The second-order valence-corrected chi connectivity index (χ2v) is 12.4. The summed E-state index contributed by atoms with van der Waals surface area (Å²) < 4.78 is 1.15. The van der Waals surface area contributed by atoms with Crippen molar-refractivity contribution in [3.63, 3.8) is 0 Å². The predicted molar refractivity (Wildman–Crippen MR) is 150 cm³/mol. The average Bonchev–Trinajstić information content (AvgIpc) is 2.85. The van der Waals surface area contributed by atoms with Gasteiger partial charge >= 0.3 is 189 Å². The van der Waals surface area contributed by atoms with Crippen molar-refractivity contribution in [2.24, 2.45) is 0 Å². The maximum absolute atomic E-state index is 6.48. The van der Waals surface area contributed by atoms with Crippen LogP contribution in [-0.2, 0) is 50.4 Å². The average molecular weight is 553 g/mol. The molecule has 0 aromatic heterocycles. The van der Waals surface area contributed by atoms with E-state index in [1.54, 1.807) is 0 Å². The first-order valence-electron chi connectivity index (χ1n) is 12.8. The van der Waals surface area contributed by atoms with Crippen LogP contribution in [0.1, 0.15) is 74.9 Å². The van der Waals surface area contributed by atoms with Crippen molar-refractivity contribution in [1.82, 2.24) is 4.90 Å². The standard InChI is InChI=1S/C28H44N3.2ClH.Co/c1-8-21-16-23(10-3)27(24(11-4)17-21)29-14-15-31(7)20-30-28-25(12-5)18-22(9-2)19-26(28)13-6;;;/h16-18,29-30H,8-15,20H2,1-7H3;2*1H;/q;;;+2/p-2. The summed E-state index contributed by atoms with van der Waals surface area (Å²) in [7, 11) is 15.1. The summed E-state index contributed by atoms with van der Waals surface area (Å²) in [5, 5.41) is 7.48. The summed E-state index contributed by atoms with van der Waals surface area (Å²) in [5.41, 5.74) is 10.8. The minimum atomic E-state index is -1.15.